The number of anilines is 1. The van der Waals surface area contributed by atoms with Crippen LogP contribution in [-0.4, -0.2) is 63.8 Å². The highest BCUT2D eigenvalue weighted by Crippen LogP contribution is 2.34. The molecule has 5 rings (SSSR count). The lowest BCUT2D eigenvalue weighted by Gasteiger charge is -2.16. The van der Waals surface area contributed by atoms with Crippen LogP contribution in [0.2, 0.25) is 0 Å². The van der Waals surface area contributed by atoms with Crippen LogP contribution in [0.4, 0.5) is 5.82 Å². The smallest absolute Gasteiger partial charge is 0.259 e. The van der Waals surface area contributed by atoms with Crippen LogP contribution >= 0.6 is 11.8 Å². The Morgan fingerprint density at radius 2 is 2.03 bits per heavy atom. The molecule has 0 spiro atoms. The number of benzene rings is 1. The van der Waals surface area contributed by atoms with Crippen molar-refractivity contribution in [3.8, 4) is 0 Å². The van der Waals surface area contributed by atoms with E-state index in [9.17, 15) is 15.0 Å². The molecule has 0 bridgehead atoms. The van der Waals surface area contributed by atoms with E-state index in [1.807, 2.05) is 0 Å². The fourth-order valence-electron chi connectivity index (χ4n) is 3.45. The molecule has 1 saturated heterocycles. The van der Waals surface area contributed by atoms with Crippen molar-refractivity contribution in [2.24, 2.45) is 0 Å². The third kappa shape index (κ3) is 3.10. The number of aromatic amines is 1. The molecule has 30 heavy (non-hydrogen) atoms. The first kappa shape index (κ1) is 18.9. The second-order valence-corrected chi connectivity index (χ2v) is 7.84. The Morgan fingerprint density at radius 1 is 1.20 bits per heavy atom. The number of fused-ring (bicyclic) bond motifs is 2. The van der Waals surface area contributed by atoms with E-state index in [0.717, 1.165) is 0 Å². The van der Waals surface area contributed by atoms with E-state index in [4.69, 9.17) is 10.5 Å². The topological polar surface area (TPSA) is 165 Å². The Morgan fingerprint density at radius 3 is 2.90 bits per heavy atom. The maximum Gasteiger partial charge on any atom is 0.259 e. The van der Waals surface area contributed by atoms with Gasteiger partial charge < -0.3 is 25.7 Å². The third-order valence-corrected chi connectivity index (χ3v) is 5.94. The zero-order valence-corrected chi connectivity index (χ0v) is 16.2. The predicted molar refractivity (Wildman–Crippen MR) is 109 cm³/mol. The van der Waals surface area contributed by atoms with Gasteiger partial charge in [-0.05, 0) is 12.1 Å². The molecule has 3 aromatic heterocycles. The number of ether oxygens (including phenoxy) is 1. The number of hydrogen-bond donors (Lipinski definition) is 4. The second-order valence-electron chi connectivity index (χ2n) is 6.83. The van der Waals surface area contributed by atoms with Gasteiger partial charge in [-0.25, -0.2) is 19.9 Å². The number of aliphatic hydroxyl groups excluding tert-OH is 2. The number of thioether (sulfide) groups is 1. The molecule has 5 N–H and O–H groups in total. The van der Waals surface area contributed by atoms with Gasteiger partial charge in [-0.1, -0.05) is 23.9 Å². The predicted octanol–water partition coefficient (Wildman–Crippen LogP) is 0.0565. The molecule has 12 heteroatoms. The SMILES string of the molecule is Nc1ncnc2c1ncn2[C@@H]1O[C@H](CSc2nc3ccccc3c(=O)[nH]2)[C@@H](O)[C@H]1O. The zero-order chi connectivity index (χ0) is 20.8. The monoisotopic (exact) mass is 427 g/mol. The van der Waals surface area contributed by atoms with Crippen molar-refractivity contribution in [2.75, 3.05) is 11.5 Å². The molecule has 0 unspecified atom stereocenters. The number of H-pyrrole nitrogens is 1. The molecule has 0 amide bonds. The Labute approximate surface area is 173 Å². The summed E-state index contributed by atoms with van der Waals surface area (Å²) < 4.78 is 7.41. The lowest BCUT2D eigenvalue weighted by Crippen LogP contribution is -2.32. The second kappa shape index (κ2) is 7.32. The number of imidazole rings is 1. The van der Waals surface area contributed by atoms with Crippen molar-refractivity contribution in [3.63, 3.8) is 0 Å². The molecule has 4 atom stereocenters. The summed E-state index contributed by atoms with van der Waals surface area (Å²) in [6.45, 7) is 0. The molecule has 4 aromatic rings. The number of aliphatic hydroxyl groups is 2. The van der Waals surface area contributed by atoms with Gasteiger partial charge in [-0.2, -0.15) is 0 Å². The van der Waals surface area contributed by atoms with Crippen LogP contribution in [0.25, 0.3) is 22.1 Å². The van der Waals surface area contributed by atoms with Crippen LogP contribution in [0.15, 0.2) is 46.9 Å². The Balaban J connectivity index is 1.36. The van der Waals surface area contributed by atoms with Gasteiger partial charge in [0.1, 0.15) is 24.1 Å². The fraction of sp³-hybridized carbons (Fsp3) is 0.278. The normalized spacial score (nSPS) is 24.1. The highest BCUT2D eigenvalue weighted by Gasteiger charge is 2.44. The number of nitrogens with two attached hydrogens (primary N) is 1. The molecule has 154 valence electrons. The highest BCUT2D eigenvalue weighted by molar-refractivity contribution is 7.99. The van der Waals surface area contributed by atoms with Crippen LogP contribution in [0.5, 0.6) is 0 Å². The number of hydrogen-bond acceptors (Lipinski definition) is 10. The Hall–Kier alpha value is -3.06. The van der Waals surface area contributed by atoms with Crippen LogP contribution in [0, 0.1) is 0 Å². The first-order valence-corrected chi connectivity index (χ1v) is 10.1. The standard InChI is InChI=1S/C18H17N7O4S/c19-14-11-15(21-6-20-14)25(7-22-11)17-13(27)12(26)10(29-17)5-30-18-23-9-4-2-1-3-8(9)16(28)24-18/h1-4,6-7,10,12-13,17,26-27H,5H2,(H2,19,20,21)(H,23,24,28)/t10-,12-,13-,17-/m1/s1. The van der Waals surface area contributed by atoms with E-state index < -0.39 is 24.5 Å². The fourth-order valence-corrected chi connectivity index (χ4v) is 4.37. The van der Waals surface area contributed by atoms with Gasteiger partial charge in [-0.3, -0.25) is 9.36 Å². The average molecular weight is 427 g/mol. The van der Waals surface area contributed by atoms with Crippen molar-refractivity contribution in [2.45, 2.75) is 29.7 Å². The Bertz CT molecular complexity index is 1290. The van der Waals surface area contributed by atoms with Crippen molar-refractivity contribution in [3.05, 3.63) is 47.3 Å². The van der Waals surface area contributed by atoms with Crippen molar-refractivity contribution in [1.82, 2.24) is 29.5 Å². The summed E-state index contributed by atoms with van der Waals surface area (Å²) in [5.74, 6) is 0.477. The number of nitrogens with one attached hydrogen (secondary N) is 1. The molecule has 11 nitrogen and oxygen atoms in total. The summed E-state index contributed by atoms with van der Waals surface area (Å²) in [5, 5.41) is 21.9. The van der Waals surface area contributed by atoms with Gasteiger partial charge in [-0.15, -0.1) is 0 Å². The van der Waals surface area contributed by atoms with Gasteiger partial charge in [0.2, 0.25) is 0 Å². The average Bonchev–Trinajstić information content (AvgIpc) is 3.29. The molecule has 0 radical (unpaired) electrons. The molecule has 0 aliphatic carbocycles. The summed E-state index contributed by atoms with van der Waals surface area (Å²) in [5.41, 5.74) is 6.93. The number of aromatic nitrogens is 6. The summed E-state index contributed by atoms with van der Waals surface area (Å²) in [4.78, 5) is 31.5. The van der Waals surface area contributed by atoms with Gasteiger partial charge >= 0.3 is 0 Å². The van der Waals surface area contributed by atoms with Crippen LogP contribution in [0.3, 0.4) is 0 Å². The molecule has 1 aliphatic rings. The maximum absolute atomic E-state index is 12.2. The number of nitrogens with zero attached hydrogens (tertiary/aromatic N) is 5. The quantitative estimate of drug-likeness (QED) is 0.258. The molecule has 1 aliphatic heterocycles. The largest absolute Gasteiger partial charge is 0.387 e. The van der Waals surface area contributed by atoms with Crippen LogP contribution in [0.1, 0.15) is 6.23 Å². The molecule has 1 aromatic carbocycles. The number of nitrogen functional groups attached to an aromatic ring is 1. The lowest BCUT2D eigenvalue weighted by molar-refractivity contribution is -0.0289. The van der Waals surface area contributed by atoms with E-state index in [2.05, 4.69) is 24.9 Å². The van der Waals surface area contributed by atoms with Crippen molar-refractivity contribution >= 4 is 39.6 Å². The van der Waals surface area contributed by atoms with E-state index in [1.165, 1.54) is 29.0 Å². The first-order chi connectivity index (χ1) is 14.5. The number of para-hydroxylation sites is 1. The van der Waals surface area contributed by atoms with E-state index >= 15 is 0 Å². The Kier molecular flexibility index (Phi) is 4.62. The molecule has 1 fully saturated rings. The van der Waals surface area contributed by atoms with Gasteiger partial charge in [0.25, 0.3) is 5.56 Å². The maximum atomic E-state index is 12.2. The molecule has 0 saturated carbocycles. The van der Waals surface area contributed by atoms with Crippen LogP contribution < -0.4 is 11.3 Å². The van der Waals surface area contributed by atoms with Gasteiger partial charge in [0, 0.05) is 5.75 Å². The van der Waals surface area contributed by atoms with Crippen LogP contribution in [-0.2, 0) is 4.74 Å². The van der Waals surface area contributed by atoms with Crippen molar-refractivity contribution in [1.29, 1.82) is 0 Å². The van der Waals surface area contributed by atoms with Gasteiger partial charge in [0.15, 0.2) is 22.8 Å². The summed E-state index contributed by atoms with van der Waals surface area (Å²) in [6.07, 6.45) is -1.22. The zero-order valence-electron chi connectivity index (χ0n) is 15.4. The van der Waals surface area contributed by atoms with E-state index in [0.29, 0.717) is 27.2 Å². The number of rotatable bonds is 4. The van der Waals surface area contributed by atoms with Crippen molar-refractivity contribution < 1.29 is 14.9 Å². The minimum atomic E-state index is -1.20. The third-order valence-electron chi connectivity index (χ3n) is 4.97. The molecular weight excluding hydrogens is 410 g/mol. The van der Waals surface area contributed by atoms with E-state index in [1.54, 1.807) is 24.3 Å². The minimum Gasteiger partial charge on any atom is -0.387 e. The summed E-state index contributed by atoms with van der Waals surface area (Å²) >= 11 is 1.22. The summed E-state index contributed by atoms with van der Waals surface area (Å²) in [7, 11) is 0. The summed E-state index contributed by atoms with van der Waals surface area (Å²) in [6, 6.07) is 7.04. The lowest BCUT2D eigenvalue weighted by atomic mass is 10.1. The minimum absolute atomic E-state index is 0.213. The molecule has 4 heterocycles. The molecular formula is C18H17N7O4S. The van der Waals surface area contributed by atoms with Gasteiger partial charge in [0.05, 0.1) is 23.3 Å². The highest BCUT2D eigenvalue weighted by atomic mass is 32.2. The van der Waals surface area contributed by atoms with E-state index in [-0.39, 0.29) is 17.1 Å². The first-order valence-electron chi connectivity index (χ1n) is 9.09.